The highest BCUT2D eigenvalue weighted by Crippen LogP contribution is 2.36. The summed E-state index contributed by atoms with van der Waals surface area (Å²) in [4.78, 5) is 35.1. The van der Waals surface area contributed by atoms with E-state index in [1.807, 2.05) is 19.1 Å². The molecule has 32 heavy (non-hydrogen) atoms. The van der Waals surface area contributed by atoms with E-state index in [1.54, 1.807) is 23.0 Å². The minimum atomic E-state index is -0.376. The lowest BCUT2D eigenvalue weighted by Gasteiger charge is -2.28. The Kier molecular flexibility index (Phi) is 5.99. The van der Waals surface area contributed by atoms with E-state index in [4.69, 9.17) is 4.98 Å². The van der Waals surface area contributed by atoms with Crippen molar-refractivity contribution in [2.75, 3.05) is 23.3 Å². The van der Waals surface area contributed by atoms with Crippen molar-refractivity contribution in [1.29, 1.82) is 0 Å². The normalized spacial score (nSPS) is 16.9. The number of fused-ring (bicyclic) bond motifs is 3. The summed E-state index contributed by atoms with van der Waals surface area (Å²) >= 11 is 2.96. The van der Waals surface area contributed by atoms with Gasteiger partial charge in [0.05, 0.1) is 10.6 Å². The molecule has 8 heteroatoms. The molecule has 5 rings (SSSR count). The van der Waals surface area contributed by atoms with Gasteiger partial charge in [0.1, 0.15) is 4.83 Å². The highest BCUT2D eigenvalue weighted by atomic mass is 32.2. The Morgan fingerprint density at radius 1 is 1.12 bits per heavy atom. The van der Waals surface area contributed by atoms with Crippen molar-refractivity contribution >= 4 is 50.6 Å². The molecule has 0 spiro atoms. The highest BCUT2D eigenvalue weighted by Gasteiger charge is 2.24. The molecular weight excluding hydrogens is 440 g/mol. The van der Waals surface area contributed by atoms with Crippen molar-refractivity contribution in [2.24, 2.45) is 7.05 Å². The van der Waals surface area contributed by atoms with Gasteiger partial charge in [-0.2, -0.15) is 0 Å². The second-order valence-corrected chi connectivity index (χ2v) is 11.0. The molecule has 1 aliphatic carbocycles. The number of thioether (sulfide) groups is 1. The van der Waals surface area contributed by atoms with Gasteiger partial charge in [0.2, 0.25) is 5.91 Å². The number of hydrogen-bond acceptors (Lipinski definition) is 6. The van der Waals surface area contributed by atoms with E-state index < -0.39 is 0 Å². The van der Waals surface area contributed by atoms with E-state index in [-0.39, 0.29) is 16.7 Å². The van der Waals surface area contributed by atoms with Crippen LogP contribution in [-0.2, 0) is 24.7 Å². The quantitative estimate of drug-likeness (QED) is 0.438. The number of thiophene rings is 1. The number of piperidine rings is 1. The molecule has 1 aliphatic heterocycles. The number of anilines is 2. The summed E-state index contributed by atoms with van der Waals surface area (Å²) in [5, 5.41) is 3.99. The Bertz CT molecular complexity index is 1210. The summed E-state index contributed by atoms with van der Waals surface area (Å²) in [6, 6.07) is 8.08. The molecular formula is C24H28N4O2S2. The molecule has 0 bridgehead atoms. The number of aryl methyl sites for hydroxylation is 2. The van der Waals surface area contributed by atoms with E-state index in [0.717, 1.165) is 48.3 Å². The SMILES string of the molecule is CC(Sc1nc2sc3c(c2c(=O)n1C)CCC3)C(=O)Nc1ccc(N2CCCCC2)cc1. The van der Waals surface area contributed by atoms with Gasteiger partial charge in [-0.05, 0) is 75.3 Å². The summed E-state index contributed by atoms with van der Waals surface area (Å²) in [7, 11) is 1.75. The average molecular weight is 469 g/mol. The van der Waals surface area contributed by atoms with Crippen molar-refractivity contribution < 1.29 is 4.79 Å². The lowest BCUT2D eigenvalue weighted by molar-refractivity contribution is -0.115. The number of aromatic nitrogens is 2. The predicted molar refractivity (Wildman–Crippen MR) is 133 cm³/mol. The van der Waals surface area contributed by atoms with Gasteiger partial charge in [0.25, 0.3) is 5.56 Å². The molecule has 6 nitrogen and oxygen atoms in total. The van der Waals surface area contributed by atoms with Crippen molar-refractivity contribution in [2.45, 2.75) is 55.9 Å². The zero-order chi connectivity index (χ0) is 22.2. The summed E-state index contributed by atoms with van der Waals surface area (Å²) in [5.74, 6) is -0.0938. The topological polar surface area (TPSA) is 67.2 Å². The fraction of sp³-hybridized carbons (Fsp3) is 0.458. The number of nitrogens with zero attached hydrogens (tertiary/aromatic N) is 3. The van der Waals surface area contributed by atoms with Crippen LogP contribution >= 0.6 is 23.1 Å². The fourth-order valence-corrected chi connectivity index (χ4v) is 6.75. The number of hydrogen-bond donors (Lipinski definition) is 1. The van der Waals surface area contributed by atoms with Crippen LogP contribution in [-0.4, -0.2) is 33.8 Å². The molecule has 1 atom stereocenters. The predicted octanol–water partition coefficient (Wildman–Crippen LogP) is 4.59. The number of carbonyl (C=O) groups excluding carboxylic acids is 1. The Morgan fingerprint density at radius 2 is 1.88 bits per heavy atom. The van der Waals surface area contributed by atoms with Gasteiger partial charge in [0, 0.05) is 36.4 Å². The van der Waals surface area contributed by atoms with Crippen molar-refractivity contribution in [3.05, 3.63) is 45.1 Å². The number of nitrogens with one attached hydrogen (secondary N) is 1. The zero-order valence-electron chi connectivity index (χ0n) is 18.5. The van der Waals surface area contributed by atoms with Crippen molar-refractivity contribution in [3.8, 4) is 0 Å². The van der Waals surface area contributed by atoms with E-state index in [9.17, 15) is 9.59 Å². The third-order valence-electron chi connectivity index (χ3n) is 6.41. The molecule has 2 aliphatic rings. The van der Waals surface area contributed by atoms with Crippen LogP contribution in [0.3, 0.4) is 0 Å². The van der Waals surface area contributed by atoms with E-state index in [2.05, 4.69) is 22.3 Å². The maximum Gasteiger partial charge on any atom is 0.262 e. The minimum absolute atomic E-state index is 0.00203. The average Bonchev–Trinajstić information content (AvgIpc) is 3.39. The Labute approximate surface area is 196 Å². The van der Waals surface area contributed by atoms with E-state index in [0.29, 0.717) is 5.16 Å². The summed E-state index contributed by atoms with van der Waals surface area (Å²) in [5.41, 5.74) is 3.18. The first kappa shape index (κ1) is 21.5. The molecule has 3 aromatic rings. The molecule has 1 saturated heterocycles. The molecule has 1 amide bonds. The zero-order valence-corrected chi connectivity index (χ0v) is 20.2. The third-order valence-corrected chi connectivity index (χ3v) is 8.74. The first-order chi connectivity index (χ1) is 15.5. The van der Waals surface area contributed by atoms with Gasteiger partial charge < -0.3 is 10.2 Å². The maximum atomic E-state index is 13.0. The van der Waals surface area contributed by atoms with Crippen LogP contribution in [0.15, 0.2) is 34.2 Å². The Hall–Kier alpha value is -2.32. The summed E-state index contributed by atoms with van der Waals surface area (Å²) in [6.45, 7) is 4.05. The number of rotatable bonds is 5. The number of benzene rings is 1. The molecule has 1 N–H and O–H groups in total. The van der Waals surface area contributed by atoms with Crippen LogP contribution in [0.1, 0.15) is 43.0 Å². The van der Waals surface area contributed by atoms with Gasteiger partial charge in [-0.3, -0.25) is 14.2 Å². The van der Waals surface area contributed by atoms with Crippen LogP contribution in [0, 0.1) is 0 Å². The van der Waals surface area contributed by atoms with Crippen LogP contribution in [0.4, 0.5) is 11.4 Å². The Morgan fingerprint density at radius 3 is 2.62 bits per heavy atom. The monoisotopic (exact) mass is 468 g/mol. The molecule has 168 valence electrons. The Balaban J connectivity index is 1.28. The van der Waals surface area contributed by atoms with Crippen LogP contribution in [0.2, 0.25) is 0 Å². The number of carbonyl (C=O) groups is 1. The van der Waals surface area contributed by atoms with Gasteiger partial charge in [-0.15, -0.1) is 11.3 Å². The first-order valence-corrected chi connectivity index (χ1v) is 13.0. The van der Waals surface area contributed by atoms with Gasteiger partial charge in [-0.1, -0.05) is 11.8 Å². The number of amides is 1. The molecule has 2 aromatic heterocycles. The van der Waals surface area contributed by atoms with Gasteiger partial charge >= 0.3 is 0 Å². The smallest absolute Gasteiger partial charge is 0.262 e. The summed E-state index contributed by atoms with van der Waals surface area (Å²) < 4.78 is 1.59. The van der Waals surface area contributed by atoms with Crippen LogP contribution < -0.4 is 15.8 Å². The molecule has 3 heterocycles. The molecule has 1 aromatic carbocycles. The van der Waals surface area contributed by atoms with E-state index >= 15 is 0 Å². The van der Waals surface area contributed by atoms with Gasteiger partial charge in [0.15, 0.2) is 5.16 Å². The lowest BCUT2D eigenvalue weighted by Crippen LogP contribution is -2.29. The van der Waals surface area contributed by atoms with Crippen LogP contribution in [0.5, 0.6) is 0 Å². The second-order valence-electron chi connectivity index (χ2n) is 8.64. The standard InChI is InChI=1S/C24H28N4O2S2/c1-15(21(29)25-16-9-11-17(12-10-16)28-13-4-3-5-14-28)31-24-26-22-20(23(30)27(24)2)18-7-6-8-19(18)32-22/h9-12,15H,3-8,13-14H2,1-2H3,(H,25,29). The molecule has 0 radical (unpaired) electrons. The lowest BCUT2D eigenvalue weighted by atomic mass is 10.1. The van der Waals surface area contributed by atoms with E-state index in [1.165, 1.54) is 47.2 Å². The molecule has 1 unspecified atom stereocenters. The molecule has 1 fully saturated rings. The van der Waals surface area contributed by atoms with Crippen molar-refractivity contribution in [3.63, 3.8) is 0 Å². The maximum absolute atomic E-state index is 13.0. The first-order valence-electron chi connectivity index (χ1n) is 11.3. The van der Waals surface area contributed by atoms with Crippen molar-refractivity contribution in [1.82, 2.24) is 9.55 Å². The fourth-order valence-electron chi connectivity index (χ4n) is 4.57. The largest absolute Gasteiger partial charge is 0.372 e. The van der Waals surface area contributed by atoms with Crippen LogP contribution in [0.25, 0.3) is 10.2 Å². The third kappa shape index (κ3) is 4.06. The summed E-state index contributed by atoms with van der Waals surface area (Å²) in [6.07, 6.45) is 6.91. The highest BCUT2D eigenvalue weighted by molar-refractivity contribution is 8.00. The molecule has 0 saturated carbocycles. The minimum Gasteiger partial charge on any atom is -0.372 e. The van der Waals surface area contributed by atoms with Gasteiger partial charge in [-0.25, -0.2) is 4.98 Å². The second kappa shape index (κ2) is 8.90.